The Morgan fingerprint density at radius 3 is 2.10 bits per heavy atom. The molecule has 42 heavy (non-hydrogen) atoms. The van der Waals surface area contributed by atoms with Gasteiger partial charge in [-0.15, -0.1) is 0 Å². The Bertz CT molecular complexity index is 1470. The van der Waals surface area contributed by atoms with Crippen LogP contribution in [0.2, 0.25) is 0 Å². The van der Waals surface area contributed by atoms with Crippen LogP contribution in [0.5, 0.6) is 11.5 Å². The molecule has 0 radical (unpaired) electrons. The van der Waals surface area contributed by atoms with Crippen LogP contribution in [-0.2, 0) is 26.0 Å². The van der Waals surface area contributed by atoms with Gasteiger partial charge in [-0.25, -0.2) is 8.42 Å². The van der Waals surface area contributed by atoms with E-state index in [4.69, 9.17) is 9.47 Å². The number of ether oxygens (including phenoxy) is 2. The molecule has 1 atom stereocenters. The summed E-state index contributed by atoms with van der Waals surface area (Å²) < 4.78 is 39.9. The third-order valence-electron chi connectivity index (χ3n) is 6.69. The molecular formula is C32H41N3O6S. The highest BCUT2D eigenvalue weighted by molar-refractivity contribution is 7.92. The van der Waals surface area contributed by atoms with Gasteiger partial charge in [0.15, 0.2) is 11.5 Å². The standard InChI is InChI=1S/C32H41N3O6S/c1-23-13-15-26(16-14-23)35(42(38,39)27-17-18-28(40-6)29(21-27)41-7)22-30(36)34(20-19-25-11-9-8-10-12-25)24(2)31(37)33-32(3,4)5/h8-18,21,24H,19-20,22H2,1-7H3,(H,33,37)/t24-/m1/s1. The molecule has 0 aliphatic rings. The molecule has 3 aromatic carbocycles. The Hall–Kier alpha value is -4.05. The van der Waals surface area contributed by atoms with Crippen molar-refractivity contribution in [3.05, 3.63) is 83.9 Å². The Labute approximate surface area is 249 Å². The fourth-order valence-corrected chi connectivity index (χ4v) is 5.82. The average Bonchev–Trinajstić information content (AvgIpc) is 2.95. The Kier molecular flexibility index (Phi) is 10.6. The van der Waals surface area contributed by atoms with Gasteiger partial charge in [-0.1, -0.05) is 48.0 Å². The van der Waals surface area contributed by atoms with Crippen molar-refractivity contribution < 1.29 is 27.5 Å². The molecule has 1 N–H and O–H groups in total. The molecule has 0 bridgehead atoms. The van der Waals surface area contributed by atoms with Gasteiger partial charge < -0.3 is 19.7 Å². The molecule has 0 unspecified atom stereocenters. The molecule has 3 rings (SSSR count). The molecule has 9 nitrogen and oxygen atoms in total. The first-order chi connectivity index (χ1) is 19.8. The lowest BCUT2D eigenvalue weighted by Gasteiger charge is -2.33. The Morgan fingerprint density at radius 2 is 1.52 bits per heavy atom. The normalized spacial score (nSPS) is 12.3. The minimum Gasteiger partial charge on any atom is -0.493 e. The highest BCUT2D eigenvalue weighted by atomic mass is 32.2. The molecule has 0 heterocycles. The SMILES string of the molecule is COc1ccc(S(=O)(=O)N(CC(=O)N(CCc2ccccc2)[C@H](C)C(=O)NC(C)(C)C)c2ccc(C)cc2)cc1OC. The van der Waals surface area contributed by atoms with E-state index < -0.39 is 34.1 Å². The molecule has 3 aromatic rings. The van der Waals surface area contributed by atoms with E-state index in [2.05, 4.69) is 5.32 Å². The second kappa shape index (κ2) is 13.7. The fourth-order valence-electron chi connectivity index (χ4n) is 4.39. The van der Waals surface area contributed by atoms with Gasteiger partial charge in [0.2, 0.25) is 11.8 Å². The van der Waals surface area contributed by atoms with Gasteiger partial charge >= 0.3 is 0 Å². The molecule has 0 aliphatic carbocycles. The number of nitrogens with zero attached hydrogens (tertiary/aromatic N) is 2. The molecule has 0 spiro atoms. The topological polar surface area (TPSA) is 105 Å². The molecule has 226 valence electrons. The van der Waals surface area contributed by atoms with Crippen LogP contribution < -0.4 is 19.1 Å². The van der Waals surface area contributed by atoms with Gasteiger partial charge in [-0.3, -0.25) is 13.9 Å². The first kappa shape index (κ1) is 32.5. The summed E-state index contributed by atoms with van der Waals surface area (Å²) in [6.45, 7) is 8.85. The number of carbonyl (C=O) groups is 2. The smallest absolute Gasteiger partial charge is 0.264 e. The van der Waals surface area contributed by atoms with Gasteiger partial charge in [0, 0.05) is 18.2 Å². The van der Waals surface area contributed by atoms with Gasteiger partial charge in [-0.05, 0) is 70.9 Å². The third kappa shape index (κ3) is 8.25. The first-order valence-electron chi connectivity index (χ1n) is 13.7. The minimum atomic E-state index is -4.25. The van der Waals surface area contributed by atoms with Crippen molar-refractivity contribution in [2.75, 3.05) is 31.6 Å². The third-order valence-corrected chi connectivity index (χ3v) is 8.46. The highest BCUT2D eigenvalue weighted by Gasteiger charge is 2.33. The second-order valence-electron chi connectivity index (χ2n) is 11.1. The van der Waals surface area contributed by atoms with Crippen molar-refractivity contribution in [1.29, 1.82) is 0 Å². The number of sulfonamides is 1. The zero-order chi connectivity index (χ0) is 31.1. The number of benzene rings is 3. The molecule has 0 fully saturated rings. The lowest BCUT2D eigenvalue weighted by molar-refractivity contribution is -0.139. The Morgan fingerprint density at radius 1 is 0.905 bits per heavy atom. The van der Waals surface area contributed by atoms with Crippen LogP contribution >= 0.6 is 0 Å². The van der Waals surface area contributed by atoms with Gasteiger partial charge in [0.05, 0.1) is 24.8 Å². The summed E-state index contributed by atoms with van der Waals surface area (Å²) in [6.07, 6.45) is 0.493. The van der Waals surface area contributed by atoms with Crippen LogP contribution in [0.3, 0.4) is 0 Å². The highest BCUT2D eigenvalue weighted by Crippen LogP contribution is 2.32. The lowest BCUT2D eigenvalue weighted by atomic mass is 10.1. The van der Waals surface area contributed by atoms with E-state index in [1.165, 1.54) is 37.3 Å². The van der Waals surface area contributed by atoms with Crippen molar-refractivity contribution >= 4 is 27.5 Å². The molecule has 2 amide bonds. The number of methoxy groups -OCH3 is 2. The van der Waals surface area contributed by atoms with Crippen molar-refractivity contribution in [1.82, 2.24) is 10.2 Å². The van der Waals surface area contributed by atoms with Crippen molar-refractivity contribution in [2.24, 2.45) is 0 Å². The number of anilines is 1. The van der Waals surface area contributed by atoms with E-state index in [1.807, 2.05) is 58.0 Å². The molecular weight excluding hydrogens is 554 g/mol. The summed E-state index contributed by atoms with van der Waals surface area (Å²) in [6, 6.07) is 19.9. The van der Waals surface area contributed by atoms with Gasteiger partial charge in [0.25, 0.3) is 10.0 Å². The molecule has 10 heteroatoms. The van der Waals surface area contributed by atoms with Crippen molar-refractivity contribution in [3.63, 3.8) is 0 Å². The van der Waals surface area contributed by atoms with Crippen LogP contribution in [0.1, 0.15) is 38.8 Å². The van der Waals surface area contributed by atoms with Gasteiger partial charge in [-0.2, -0.15) is 0 Å². The number of aryl methyl sites for hydroxylation is 1. The number of rotatable bonds is 12. The zero-order valence-electron chi connectivity index (χ0n) is 25.4. The maximum atomic E-state index is 14.1. The van der Waals surface area contributed by atoms with Gasteiger partial charge in [0.1, 0.15) is 12.6 Å². The van der Waals surface area contributed by atoms with Crippen LogP contribution in [-0.4, -0.2) is 64.0 Å². The number of nitrogens with one attached hydrogen (secondary N) is 1. The summed E-state index contributed by atoms with van der Waals surface area (Å²) in [4.78, 5) is 28.6. The molecule has 0 aliphatic heterocycles. The molecule has 0 aromatic heterocycles. The zero-order valence-corrected chi connectivity index (χ0v) is 26.2. The summed E-state index contributed by atoms with van der Waals surface area (Å²) in [5, 5.41) is 2.93. The van der Waals surface area contributed by atoms with Crippen molar-refractivity contribution in [3.8, 4) is 11.5 Å². The maximum absolute atomic E-state index is 14.1. The van der Waals surface area contributed by atoms with E-state index in [1.54, 1.807) is 31.2 Å². The predicted octanol–water partition coefficient (Wildman–Crippen LogP) is 4.58. The first-order valence-corrected chi connectivity index (χ1v) is 15.2. The predicted molar refractivity (Wildman–Crippen MR) is 164 cm³/mol. The van der Waals surface area contributed by atoms with Crippen LogP contribution in [0, 0.1) is 6.92 Å². The number of hydrogen-bond acceptors (Lipinski definition) is 6. The molecule has 0 saturated heterocycles. The maximum Gasteiger partial charge on any atom is 0.264 e. The van der Waals surface area contributed by atoms with E-state index in [9.17, 15) is 18.0 Å². The van der Waals surface area contributed by atoms with E-state index in [0.29, 0.717) is 17.9 Å². The number of hydrogen-bond donors (Lipinski definition) is 1. The van der Waals surface area contributed by atoms with Crippen LogP contribution in [0.15, 0.2) is 77.7 Å². The second-order valence-corrected chi connectivity index (χ2v) is 13.0. The quantitative estimate of drug-likeness (QED) is 0.329. The summed E-state index contributed by atoms with van der Waals surface area (Å²) >= 11 is 0. The fraction of sp³-hybridized carbons (Fsp3) is 0.375. The average molecular weight is 596 g/mol. The van der Waals surface area contributed by atoms with Crippen molar-refractivity contribution in [2.45, 2.75) is 57.5 Å². The molecule has 0 saturated carbocycles. The Balaban J connectivity index is 2.03. The summed E-state index contributed by atoms with van der Waals surface area (Å²) in [5.41, 5.74) is 1.74. The summed E-state index contributed by atoms with van der Waals surface area (Å²) in [7, 11) is -1.36. The number of carbonyl (C=O) groups excluding carboxylic acids is 2. The minimum absolute atomic E-state index is 0.0668. The number of amides is 2. The van der Waals surface area contributed by atoms with E-state index in [-0.39, 0.29) is 23.1 Å². The van der Waals surface area contributed by atoms with Crippen LogP contribution in [0.25, 0.3) is 0 Å². The monoisotopic (exact) mass is 595 g/mol. The van der Waals surface area contributed by atoms with E-state index >= 15 is 0 Å². The largest absolute Gasteiger partial charge is 0.493 e. The van der Waals surface area contributed by atoms with E-state index in [0.717, 1.165) is 15.4 Å². The lowest BCUT2D eigenvalue weighted by Crippen LogP contribution is -2.55. The summed E-state index contributed by atoms with van der Waals surface area (Å²) in [5.74, 6) is -0.216. The van der Waals surface area contributed by atoms with Crippen LogP contribution in [0.4, 0.5) is 5.69 Å².